The van der Waals surface area contributed by atoms with Crippen molar-refractivity contribution < 1.29 is 0 Å². The Labute approximate surface area is 131 Å². The zero-order chi connectivity index (χ0) is 15.0. The van der Waals surface area contributed by atoms with Gasteiger partial charge in [0.05, 0.1) is 16.6 Å². The van der Waals surface area contributed by atoms with Crippen LogP contribution in [0.1, 0.15) is 6.92 Å². The molecule has 0 aliphatic carbocycles. The van der Waals surface area contributed by atoms with Crippen LogP contribution in [0.15, 0.2) is 47.5 Å². The highest BCUT2D eigenvalue weighted by Gasteiger charge is 2.11. The molecule has 2 aromatic heterocycles. The fourth-order valence-electron chi connectivity index (χ4n) is 2.32. The van der Waals surface area contributed by atoms with Gasteiger partial charge in [-0.1, -0.05) is 23.8 Å². The molecule has 4 nitrogen and oxygen atoms in total. The average molecular weight is 318 g/mol. The zero-order valence-corrected chi connectivity index (χ0v) is 12.9. The minimum absolute atomic E-state index is 0.163. The lowest BCUT2D eigenvalue weighted by atomic mass is 10.2. The standard InChI is InChI=1S/C15H12ClN3OS/c1-2-18-14(21)12-9-17-8-7-13(12)19(15(18)20)11-5-3-10(16)4-6-11/h3-9H,2H2,1H3. The van der Waals surface area contributed by atoms with Gasteiger partial charge in [0.1, 0.15) is 4.64 Å². The van der Waals surface area contributed by atoms with Crippen LogP contribution in [0.25, 0.3) is 16.6 Å². The van der Waals surface area contributed by atoms with Crippen molar-refractivity contribution in [3.05, 3.63) is 62.9 Å². The third-order valence-corrected chi connectivity index (χ3v) is 4.03. The first-order chi connectivity index (χ1) is 10.1. The molecule has 106 valence electrons. The molecule has 0 amide bonds. The summed E-state index contributed by atoms with van der Waals surface area (Å²) in [4.78, 5) is 16.8. The van der Waals surface area contributed by atoms with Gasteiger partial charge in [0, 0.05) is 24.0 Å². The smallest absolute Gasteiger partial charge is 0.284 e. The number of nitrogens with zero attached hydrogens (tertiary/aromatic N) is 3. The predicted molar refractivity (Wildman–Crippen MR) is 86.8 cm³/mol. The van der Waals surface area contributed by atoms with Crippen LogP contribution in [0.4, 0.5) is 0 Å². The van der Waals surface area contributed by atoms with Crippen LogP contribution >= 0.6 is 23.8 Å². The van der Waals surface area contributed by atoms with Crippen molar-refractivity contribution in [1.29, 1.82) is 0 Å². The van der Waals surface area contributed by atoms with E-state index in [2.05, 4.69) is 4.98 Å². The lowest BCUT2D eigenvalue weighted by molar-refractivity contribution is 0.675. The van der Waals surface area contributed by atoms with Gasteiger partial charge in [0.15, 0.2) is 0 Å². The monoisotopic (exact) mass is 317 g/mol. The Morgan fingerprint density at radius 1 is 1.24 bits per heavy atom. The lowest BCUT2D eigenvalue weighted by Crippen LogP contribution is -2.30. The molecule has 0 unspecified atom stereocenters. The minimum atomic E-state index is -0.163. The van der Waals surface area contributed by atoms with Crippen LogP contribution in [0, 0.1) is 4.64 Å². The van der Waals surface area contributed by atoms with Gasteiger partial charge in [0.2, 0.25) is 0 Å². The average Bonchev–Trinajstić information content (AvgIpc) is 2.50. The van der Waals surface area contributed by atoms with Gasteiger partial charge in [-0.05, 0) is 37.3 Å². The number of fused-ring (bicyclic) bond motifs is 1. The Hall–Kier alpha value is -1.98. The highest BCUT2D eigenvalue weighted by Crippen LogP contribution is 2.18. The summed E-state index contributed by atoms with van der Waals surface area (Å²) in [6, 6.07) is 8.93. The lowest BCUT2D eigenvalue weighted by Gasteiger charge is -2.14. The molecule has 0 aliphatic heterocycles. The minimum Gasteiger partial charge on any atom is -0.284 e. The molecule has 0 saturated heterocycles. The van der Waals surface area contributed by atoms with Gasteiger partial charge in [-0.2, -0.15) is 0 Å². The highest BCUT2D eigenvalue weighted by atomic mass is 35.5. The second kappa shape index (κ2) is 5.42. The molecular formula is C15H12ClN3OS. The fourth-order valence-corrected chi connectivity index (χ4v) is 2.81. The Balaban J connectivity index is 2.49. The molecule has 2 heterocycles. The number of aromatic nitrogens is 3. The van der Waals surface area contributed by atoms with Crippen molar-refractivity contribution in [2.75, 3.05) is 0 Å². The molecular weight excluding hydrogens is 306 g/mol. The molecule has 0 fully saturated rings. The molecule has 0 N–H and O–H groups in total. The number of halogens is 1. The van der Waals surface area contributed by atoms with E-state index in [1.807, 2.05) is 19.1 Å². The van der Waals surface area contributed by atoms with E-state index >= 15 is 0 Å². The van der Waals surface area contributed by atoms with E-state index in [1.165, 1.54) is 0 Å². The fraction of sp³-hybridized carbons (Fsp3) is 0.133. The Morgan fingerprint density at radius 2 is 1.95 bits per heavy atom. The number of pyridine rings is 1. The van der Waals surface area contributed by atoms with Crippen LogP contribution in [0.5, 0.6) is 0 Å². The van der Waals surface area contributed by atoms with Gasteiger partial charge >= 0.3 is 5.69 Å². The van der Waals surface area contributed by atoms with Crippen LogP contribution < -0.4 is 5.69 Å². The summed E-state index contributed by atoms with van der Waals surface area (Å²) in [5, 5.41) is 1.41. The molecule has 0 atom stereocenters. The first kappa shape index (κ1) is 14.0. The topological polar surface area (TPSA) is 39.8 Å². The number of rotatable bonds is 2. The van der Waals surface area contributed by atoms with E-state index in [1.54, 1.807) is 39.7 Å². The summed E-state index contributed by atoms with van der Waals surface area (Å²) < 4.78 is 3.71. The second-order valence-corrected chi connectivity index (χ2v) is 5.36. The van der Waals surface area contributed by atoms with Gasteiger partial charge in [0.25, 0.3) is 0 Å². The predicted octanol–water partition coefficient (Wildman–Crippen LogP) is 3.59. The number of hydrogen-bond donors (Lipinski definition) is 0. The summed E-state index contributed by atoms with van der Waals surface area (Å²) in [7, 11) is 0. The highest BCUT2D eigenvalue weighted by molar-refractivity contribution is 7.71. The third kappa shape index (κ3) is 2.28. The molecule has 0 bridgehead atoms. The van der Waals surface area contributed by atoms with Crippen molar-refractivity contribution >= 4 is 34.7 Å². The molecule has 0 saturated carbocycles. The number of hydrogen-bond acceptors (Lipinski definition) is 3. The second-order valence-electron chi connectivity index (χ2n) is 4.54. The molecule has 0 spiro atoms. The number of benzene rings is 1. The summed E-state index contributed by atoms with van der Waals surface area (Å²) in [6.07, 6.45) is 3.34. The SMILES string of the molecule is CCn1c(=S)c2cnccc2n(-c2ccc(Cl)cc2)c1=O. The van der Waals surface area contributed by atoms with E-state index in [9.17, 15) is 4.79 Å². The molecule has 0 aliphatic rings. The van der Waals surface area contributed by atoms with E-state index in [-0.39, 0.29) is 5.69 Å². The molecule has 6 heteroatoms. The summed E-state index contributed by atoms with van der Waals surface area (Å²) in [6.45, 7) is 2.40. The van der Waals surface area contributed by atoms with Crippen LogP contribution in [0.3, 0.4) is 0 Å². The van der Waals surface area contributed by atoms with Gasteiger partial charge in [-0.3, -0.25) is 14.1 Å². The maximum atomic E-state index is 12.7. The Kier molecular flexibility index (Phi) is 3.61. The normalized spacial score (nSPS) is 11.0. The van der Waals surface area contributed by atoms with E-state index < -0.39 is 0 Å². The molecule has 0 radical (unpaired) electrons. The summed E-state index contributed by atoms with van der Waals surface area (Å²) >= 11 is 11.3. The molecule has 1 aromatic carbocycles. The van der Waals surface area contributed by atoms with Crippen molar-refractivity contribution in [2.24, 2.45) is 0 Å². The van der Waals surface area contributed by atoms with Crippen LogP contribution in [0.2, 0.25) is 5.02 Å². The summed E-state index contributed by atoms with van der Waals surface area (Å²) in [5.74, 6) is 0. The third-order valence-electron chi connectivity index (χ3n) is 3.34. The Bertz CT molecular complexity index is 928. The molecule has 3 aromatic rings. The van der Waals surface area contributed by atoms with Crippen LogP contribution in [-0.4, -0.2) is 14.1 Å². The molecule has 3 rings (SSSR count). The molecule has 21 heavy (non-hydrogen) atoms. The van der Waals surface area contributed by atoms with Crippen molar-refractivity contribution in [1.82, 2.24) is 14.1 Å². The Morgan fingerprint density at radius 3 is 2.62 bits per heavy atom. The quantitative estimate of drug-likeness (QED) is 0.678. The zero-order valence-electron chi connectivity index (χ0n) is 11.3. The van der Waals surface area contributed by atoms with E-state index in [0.29, 0.717) is 16.2 Å². The van der Waals surface area contributed by atoms with Crippen molar-refractivity contribution in [2.45, 2.75) is 13.5 Å². The van der Waals surface area contributed by atoms with E-state index in [4.69, 9.17) is 23.8 Å². The largest absolute Gasteiger partial charge is 0.334 e. The van der Waals surface area contributed by atoms with E-state index in [0.717, 1.165) is 16.6 Å². The maximum absolute atomic E-state index is 12.7. The van der Waals surface area contributed by atoms with Crippen molar-refractivity contribution in [3.63, 3.8) is 0 Å². The maximum Gasteiger partial charge on any atom is 0.334 e. The van der Waals surface area contributed by atoms with Crippen LogP contribution in [-0.2, 0) is 6.54 Å². The van der Waals surface area contributed by atoms with Gasteiger partial charge < -0.3 is 0 Å². The van der Waals surface area contributed by atoms with Gasteiger partial charge in [-0.15, -0.1) is 0 Å². The first-order valence-electron chi connectivity index (χ1n) is 6.49. The van der Waals surface area contributed by atoms with Gasteiger partial charge in [-0.25, -0.2) is 4.79 Å². The van der Waals surface area contributed by atoms with Crippen molar-refractivity contribution in [3.8, 4) is 5.69 Å². The first-order valence-corrected chi connectivity index (χ1v) is 7.27. The summed E-state index contributed by atoms with van der Waals surface area (Å²) in [5.41, 5.74) is 1.33.